The highest BCUT2D eigenvalue weighted by Gasteiger charge is 2.31. The number of rotatable bonds is 7. The zero-order chi connectivity index (χ0) is 24.3. The molecule has 1 aromatic carbocycles. The first kappa shape index (κ1) is 24.4. The van der Waals surface area contributed by atoms with E-state index in [1.165, 1.54) is 16.9 Å². The maximum atomic E-state index is 13.1. The SMILES string of the molecule is Cc1ccc([C@H](CNC(=O)c2cnn(-c3ccc(C(F)(F)F)cn3)c2C(C)C)N(C)C)cc1. The van der Waals surface area contributed by atoms with Gasteiger partial charge in [0.05, 0.1) is 29.1 Å². The first-order valence-electron chi connectivity index (χ1n) is 10.6. The van der Waals surface area contributed by atoms with Gasteiger partial charge < -0.3 is 10.2 Å². The molecular weight excluding hydrogens is 431 g/mol. The fourth-order valence-corrected chi connectivity index (χ4v) is 3.62. The van der Waals surface area contributed by atoms with Crippen LogP contribution in [0.15, 0.2) is 48.8 Å². The van der Waals surface area contributed by atoms with E-state index < -0.39 is 11.7 Å². The van der Waals surface area contributed by atoms with Crippen LogP contribution in [0.5, 0.6) is 0 Å². The van der Waals surface area contributed by atoms with Crippen molar-refractivity contribution < 1.29 is 18.0 Å². The minimum atomic E-state index is -4.47. The minimum Gasteiger partial charge on any atom is -0.350 e. The van der Waals surface area contributed by atoms with Crippen molar-refractivity contribution in [3.63, 3.8) is 0 Å². The molecule has 0 radical (unpaired) electrons. The summed E-state index contributed by atoms with van der Waals surface area (Å²) in [7, 11) is 3.90. The fraction of sp³-hybridized carbons (Fsp3) is 0.375. The number of hydrogen-bond donors (Lipinski definition) is 1. The Balaban J connectivity index is 1.83. The van der Waals surface area contributed by atoms with Gasteiger partial charge in [-0.1, -0.05) is 43.7 Å². The van der Waals surface area contributed by atoms with Gasteiger partial charge in [0.25, 0.3) is 5.91 Å². The molecule has 0 aliphatic rings. The summed E-state index contributed by atoms with van der Waals surface area (Å²) in [5.41, 5.74) is 2.35. The van der Waals surface area contributed by atoms with Crippen LogP contribution >= 0.6 is 0 Å². The van der Waals surface area contributed by atoms with Crippen LogP contribution in [0.2, 0.25) is 0 Å². The van der Waals surface area contributed by atoms with Gasteiger partial charge in [0.1, 0.15) is 0 Å². The Morgan fingerprint density at radius 3 is 2.27 bits per heavy atom. The third-order valence-electron chi connectivity index (χ3n) is 5.43. The second-order valence-electron chi connectivity index (χ2n) is 8.51. The van der Waals surface area contributed by atoms with Gasteiger partial charge in [0.15, 0.2) is 5.82 Å². The van der Waals surface area contributed by atoms with Gasteiger partial charge in [-0.15, -0.1) is 0 Å². The number of nitrogens with zero attached hydrogens (tertiary/aromatic N) is 4. The Bertz CT molecular complexity index is 1090. The third-order valence-corrected chi connectivity index (χ3v) is 5.43. The highest BCUT2D eigenvalue weighted by atomic mass is 19.4. The van der Waals surface area contributed by atoms with Crippen molar-refractivity contribution in [1.29, 1.82) is 0 Å². The van der Waals surface area contributed by atoms with Gasteiger partial charge in [-0.3, -0.25) is 4.79 Å². The van der Waals surface area contributed by atoms with Gasteiger partial charge in [-0.2, -0.15) is 18.3 Å². The quantitative estimate of drug-likeness (QED) is 0.554. The van der Waals surface area contributed by atoms with Crippen molar-refractivity contribution in [1.82, 2.24) is 25.0 Å². The van der Waals surface area contributed by atoms with Crippen LogP contribution in [-0.2, 0) is 6.18 Å². The van der Waals surface area contributed by atoms with Gasteiger partial charge in [-0.05, 0) is 44.6 Å². The predicted molar refractivity (Wildman–Crippen MR) is 120 cm³/mol. The van der Waals surface area contributed by atoms with E-state index in [4.69, 9.17) is 0 Å². The third kappa shape index (κ3) is 5.60. The number of carbonyl (C=O) groups is 1. The number of aromatic nitrogens is 3. The molecule has 0 unspecified atom stereocenters. The number of nitrogens with one attached hydrogen (secondary N) is 1. The van der Waals surface area contributed by atoms with Gasteiger partial charge in [0, 0.05) is 12.7 Å². The Labute approximate surface area is 191 Å². The maximum absolute atomic E-state index is 13.1. The van der Waals surface area contributed by atoms with Crippen molar-refractivity contribution in [3.05, 3.63) is 76.7 Å². The molecule has 3 rings (SSSR count). The number of hydrogen-bond acceptors (Lipinski definition) is 4. The lowest BCUT2D eigenvalue weighted by molar-refractivity contribution is -0.137. The molecule has 1 atom stereocenters. The van der Waals surface area contributed by atoms with Crippen LogP contribution in [0.4, 0.5) is 13.2 Å². The lowest BCUT2D eigenvalue weighted by Gasteiger charge is -2.25. The van der Waals surface area contributed by atoms with Crippen molar-refractivity contribution in [2.75, 3.05) is 20.6 Å². The van der Waals surface area contributed by atoms with Crippen molar-refractivity contribution in [3.8, 4) is 5.82 Å². The first-order chi connectivity index (χ1) is 15.5. The van der Waals surface area contributed by atoms with Crippen LogP contribution in [0.3, 0.4) is 0 Å². The van der Waals surface area contributed by atoms with E-state index in [1.54, 1.807) is 0 Å². The largest absolute Gasteiger partial charge is 0.417 e. The molecular formula is C24H28F3N5O. The van der Waals surface area contributed by atoms with Crippen LogP contribution < -0.4 is 5.32 Å². The summed E-state index contributed by atoms with van der Waals surface area (Å²) in [6, 6.07) is 10.3. The molecule has 0 spiro atoms. The number of halogens is 3. The van der Waals surface area contributed by atoms with Gasteiger partial charge in [-0.25, -0.2) is 9.67 Å². The lowest BCUT2D eigenvalue weighted by atomic mass is 10.0. The number of amides is 1. The summed E-state index contributed by atoms with van der Waals surface area (Å²) in [6.07, 6.45) is -2.27. The summed E-state index contributed by atoms with van der Waals surface area (Å²) >= 11 is 0. The summed E-state index contributed by atoms with van der Waals surface area (Å²) in [6.45, 7) is 6.19. The number of aryl methyl sites for hydroxylation is 1. The van der Waals surface area contributed by atoms with Crippen LogP contribution in [0, 0.1) is 6.92 Å². The molecule has 0 saturated heterocycles. The summed E-state index contributed by atoms with van der Waals surface area (Å²) in [5.74, 6) is -0.188. The maximum Gasteiger partial charge on any atom is 0.417 e. The number of pyridine rings is 1. The molecule has 2 aromatic heterocycles. The summed E-state index contributed by atoms with van der Waals surface area (Å²) in [5, 5.41) is 7.23. The average molecular weight is 460 g/mol. The van der Waals surface area contributed by atoms with Crippen molar-refractivity contribution in [2.24, 2.45) is 0 Å². The summed E-state index contributed by atoms with van der Waals surface area (Å²) < 4.78 is 40.0. The van der Waals surface area contributed by atoms with E-state index in [-0.39, 0.29) is 23.7 Å². The van der Waals surface area contributed by atoms with Crippen molar-refractivity contribution in [2.45, 2.75) is 38.9 Å². The van der Waals surface area contributed by atoms with Crippen LogP contribution in [0.25, 0.3) is 5.82 Å². The number of likely N-dealkylation sites (N-methyl/N-ethyl adjacent to an activating group) is 1. The Hall–Kier alpha value is -3.20. The number of benzene rings is 1. The highest BCUT2D eigenvalue weighted by molar-refractivity contribution is 5.95. The monoisotopic (exact) mass is 459 g/mol. The predicted octanol–water partition coefficient (Wildman–Crippen LogP) is 4.75. The second kappa shape index (κ2) is 9.74. The molecule has 0 bridgehead atoms. The Morgan fingerprint density at radius 1 is 1.09 bits per heavy atom. The Kier molecular flexibility index (Phi) is 7.22. The van der Waals surface area contributed by atoms with Crippen LogP contribution in [-0.4, -0.2) is 46.2 Å². The van der Waals surface area contributed by atoms with Gasteiger partial charge in [0.2, 0.25) is 0 Å². The second-order valence-corrected chi connectivity index (χ2v) is 8.51. The Morgan fingerprint density at radius 2 is 1.76 bits per heavy atom. The van der Waals surface area contributed by atoms with Crippen LogP contribution in [0.1, 0.15) is 58.5 Å². The molecule has 2 heterocycles. The molecule has 1 amide bonds. The molecule has 3 aromatic rings. The van der Waals surface area contributed by atoms with E-state index in [9.17, 15) is 18.0 Å². The van der Waals surface area contributed by atoms with E-state index in [1.807, 2.05) is 64.0 Å². The van der Waals surface area contributed by atoms with E-state index >= 15 is 0 Å². The molecule has 1 N–H and O–H groups in total. The first-order valence-corrected chi connectivity index (χ1v) is 10.6. The summed E-state index contributed by atoms with van der Waals surface area (Å²) in [4.78, 5) is 19.0. The molecule has 176 valence electrons. The molecule has 6 nitrogen and oxygen atoms in total. The van der Waals surface area contributed by atoms with Gasteiger partial charge >= 0.3 is 6.18 Å². The topological polar surface area (TPSA) is 63.1 Å². The zero-order valence-electron chi connectivity index (χ0n) is 19.3. The molecule has 0 saturated carbocycles. The molecule has 9 heteroatoms. The highest BCUT2D eigenvalue weighted by Crippen LogP contribution is 2.29. The standard InChI is InChI=1S/C24H28F3N5O/c1-15(2)22-19(13-30-32(22)21-11-10-18(12-28-21)24(25,26)27)23(33)29-14-20(31(4)5)17-8-6-16(3)7-9-17/h6-13,15,20H,14H2,1-5H3,(H,29,33)/t20-/m0/s1. The zero-order valence-corrected chi connectivity index (χ0v) is 19.3. The molecule has 0 fully saturated rings. The smallest absolute Gasteiger partial charge is 0.350 e. The molecule has 0 aliphatic carbocycles. The number of carbonyl (C=O) groups excluding carboxylic acids is 1. The van der Waals surface area contributed by atoms with E-state index in [2.05, 4.69) is 15.4 Å². The van der Waals surface area contributed by atoms with E-state index in [0.717, 1.165) is 23.4 Å². The van der Waals surface area contributed by atoms with E-state index in [0.29, 0.717) is 17.8 Å². The molecule has 0 aliphatic heterocycles. The fourth-order valence-electron chi connectivity index (χ4n) is 3.62. The average Bonchev–Trinajstić information content (AvgIpc) is 3.20. The molecule has 33 heavy (non-hydrogen) atoms. The lowest BCUT2D eigenvalue weighted by Crippen LogP contribution is -2.35. The normalized spacial score (nSPS) is 12.9. The minimum absolute atomic E-state index is 0.0244. The van der Waals surface area contributed by atoms with Crippen molar-refractivity contribution >= 4 is 5.91 Å². The number of alkyl halides is 3.